The molecule has 1 saturated carbocycles. The standard InChI is InChI=1S/C23H34N4O3/c1-18-14-20(16-24-15-18)22(28)26-8-2-4-21(17-26)27(23(29)19-5-6-19)9-3-7-25-10-12-30-13-11-25/h14-16,19,21H,2-13,17H2,1H3. The molecule has 2 amide bonds. The molecule has 3 heterocycles. The Morgan fingerprint density at radius 3 is 2.70 bits per heavy atom. The van der Waals surface area contributed by atoms with Gasteiger partial charge in [0.2, 0.25) is 5.91 Å². The molecule has 0 spiro atoms. The highest BCUT2D eigenvalue weighted by Crippen LogP contribution is 2.33. The fourth-order valence-corrected chi connectivity index (χ4v) is 4.58. The van der Waals surface area contributed by atoms with Gasteiger partial charge < -0.3 is 14.5 Å². The number of aryl methyl sites for hydroxylation is 1. The van der Waals surface area contributed by atoms with Crippen molar-refractivity contribution >= 4 is 11.8 Å². The quantitative estimate of drug-likeness (QED) is 0.682. The van der Waals surface area contributed by atoms with Gasteiger partial charge in [-0.15, -0.1) is 0 Å². The molecular weight excluding hydrogens is 380 g/mol. The Labute approximate surface area is 179 Å². The second kappa shape index (κ2) is 9.88. The van der Waals surface area contributed by atoms with E-state index in [0.29, 0.717) is 18.0 Å². The first-order chi connectivity index (χ1) is 14.6. The summed E-state index contributed by atoms with van der Waals surface area (Å²) in [7, 11) is 0. The molecule has 0 aromatic carbocycles. The molecule has 1 atom stereocenters. The van der Waals surface area contributed by atoms with E-state index in [1.807, 2.05) is 17.9 Å². The minimum absolute atomic E-state index is 0.0306. The van der Waals surface area contributed by atoms with Crippen LogP contribution in [0.4, 0.5) is 0 Å². The van der Waals surface area contributed by atoms with Crippen LogP contribution in [0.3, 0.4) is 0 Å². The van der Waals surface area contributed by atoms with Crippen LogP contribution in [0.15, 0.2) is 18.5 Å². The lowest BCUT2D eigenvalue weighted by atomic mass is 10.0. The van der Waals surface area contributed by atoms with Crippen molar-refractivity contribution in [3.8, 4) is 0 Å². The van der Waals surface area contributed by atoms with E-state index < -0.39 is 0 Å². The molecule has 1 aromatic heterocycles. The minimum Gasteiger partial charge on any atom is -0.379 e. The molecule has 3 fully saturated rings. The van der Waals surface area contributed by atoms with Gasteiger partial charge in [-0.2, -0.15) is 0 Å². The van der Waals surface area contributed by atoms with Gasteiger partial charge in [0.15, 0.2) is 0 Å². The molecule has 7 heteroatoms. The third-order valence-electron chi connectivity index (χ3n) is 6.43. The van der Waals surface area contributed by atoms with E-state index in [0.717, 1.165) is 83.6 Å². The molecule has 7 nitrogen and oxygen atoms in total. The molecule has 2 saturated heterocycles. The van der Waals surface area contributed by atoms with Crippen molar-refractivity contribution in [2.75, 3.05) is 52.5 Å². The van der Waals surface area contributed by atoms with Crippen molar-refractivity contribution in [2.45, 2.75) is 45.1 Å². The number of aromatic nitrogens is 1. The molecule has 0 radical (unpaired) electrons. The van der Waals surface area contributed by atoms with Crippen molar-refractivity contribution in [1.82, 2.24) is 19.7 Å². The number of carbonyl (C=O) groups excluding carboxylic acids is 2. The van der Waals surface area contributed by atoms with Crippen LogP contribution in [0, 0.1) is 12.8 Å². The van der Waals surface area contributed by atoms with Gasteiger partial charge in [-0.1, -0.05) is 0 Å². The number of rotatable bonds is 7. The molecule has 164 valence electrons. The van der Waals surface area contributed by atoms with E-state index in [1.165, 1.54) is 0 Å². The molecule has 0 bridgehead atoms. The van der Waals surface area contributed by atoms with E-state index in [9.17, 15) is 9.59 Å². The Morgan fingerprint density at radius 1 is 1.17 bits per heavy atom. The summed E-state index contributed by atoms with van der Waals surface area (Å²) in [5.74, 6) is 0.539. The number of nitrogens with zero attached hydrogens (tertiary/aromatic N) is 4. The van der Waals surface area contributed by atoms with Gasteiger partial charge in [0, 0.05) is 63.6 Å². The highest BCUT2D eigenvalue weighted by atomic mass is 16.5. The molecule has 3 aliphatic rings. The second-order valence-electron chi connectivity index (χ2n) is 8.91. The summed E-state index contributed by atoms with van der Waals surface area (Å²) in [5, 5.41) is 0. The number of pyridine rings is 1. The maximum atomic E-state index is 13.1. The molecular formula is C23H34N4O3. The van der Waals surface area contributed by atoms with E-state index in [-0.39, 0.29) is 17.9 Å². The molecule has 4 rings (SSSR count). The maximum Gasteiger partial charge on any atom is 0.255 e. The summed E-state index contributed by atoms with van der Waals surface area (Å²) in [6, 6.07) is 2.02. The van der Waals surface area contributed by atoms with Crippen LogP contribution >= 0.6 is 0 Å². The first kappa shape index (κ1) is 21.2. The largest absolute Gasteiger partial charge is 0.379 e. The summed E-state index contributed by atoms with van der Waals surface area (Å²) in [5.41, 5.74) is 1.63. The van der Waals surface area contributed by atoms with E-state index >= 15 is 0 Å². The number of hydrogen-bond acceptors (Lipinski definition) is 5. The third-order valence-corrected chi connectivity index (χ3v) is 6.43. The summed E-state index contributed by atoms with van der Waals surface area (Å²) in [6.07, 6.45) is 8.34. The van der Waals surface area contributed by atoms with Gasteiger partial charge in [0.25, 0.3) is 5.91 Å². The average molecular weight is 415 g/mol. The molecule has 1 unspecified atom stereocenters. The molecule has 2 aliphatic heterocycles. The predicted octanol–water partition coefficient (Wildman–Crippen LogP) is 1.96. The van der Waals surface area contributed by atoms with Crippen molar-refractivity contribution in [3.05, 3.63) is 29.6 Å². The fraction of sp³-hybridized carbons (Fsp3) is 0.696. The zero-order chi connectivity index (χ0) is 20.9. The van der Waals surface area contributed by atoms with Crippen LogP contribution in [0.1, 0.15) is 48.0 Å². The van der Waals surface area contributed by atoms with E-state index in [1.54, 1.807) is 12.4 Å². The van der Waals surface area contributed by atoms with Crippen molar-refractivity contribution in [3.63, 3.8) is 0 Å². The highest BCUT2D eigenvalue weighted by molar-refractivity contribution is 5.94. The Morgan fingerprint density at radius 2 is 1.97 bits per heavy atom. The number of morpholine rings is 1. The average Bonchev–Trinajstić information content (AvgIpc) is 3.62. The number of piperidine rings is 1. The Balaban J connectivity index is 1.38. The van der Waals surface area contributed by atoms with Crippen LogP contribution in [0.2, 0.25) is 0 Å². The van der Waals surface area contributed by atoms with E-state index in [2.05, 4.69) is 14.8 Å². The topological polar surface area (TPSA) is 66.0 Å². The molecule has 1 aromatic rings. The predicted molar refractivity (Wildman–Crippen MR) is 114 cm³/mol. The first-order valence-corrected chi connectivity index (χ1v) is 11.4. The van der Waals surface area contributed by atoms with Gasteiger partial charge in [-0.05, 0) is 50.7 Å². The number of amides is 2. The zero-order valence-corrected chi connectivity index (χ0v) is 18.1. The number of carbonyl (C=O) groups is 2. The number of ether oxygens (including phenoxy) is 1. The summed E-state index contributed by atoms with van der Waals surface area (Å²) < 4.78 is 5.43. The monoisotopic (exact) mass is 414 g/mol. The maximum absolute atomic E-state index is 13.1. The molecule has 0 N–H and O–H groups in total. The lowest BCUT2D eigenvalue weighted by Gasteiger charge is -2.40. The lowest BCUT2D eigenvalue weighted by Crippen LogP contribution is -2.52. The summed E-state index contributed by atoms with van der Waals surface area (Å²) in [4.78, 5) is 36.7. The highest BCUT2D eigenvalue weighted by Gasteiger charge is 2.38. The van der Waals surface area contributed by atoms with Crippen LogP contribution < -0.4 is 0 Å². The van der Waals surface area contributed by atoms with Gasteiger partial charge in [-0.3, -0.25) is 19.5 Å². The van der Waals surface area contributed by atoms with Crippen molar-refractivity contribution in [1.29, 1.82) is 0 Å². The normalized spacial score (nSPS) is 22.7. The summed E-state index contributed by atoms with van der Waals surface area (Å²) in [6.45, 7) is 8.68. The van der Waals surface area contributed by atoms with E-state index in [4.69, 9.17) is 4.74 Å². The minimum atomic E-state index is 0.0306. The smallest absolute Gasteiger partial charge is 0.255 e. The van der Waals surface area contributed by atoms with Crippen molar-refractivity contribution in [2.24, 2.45) is 5.92 Å². The summed E-state index contributed by atoms with van der Waals surface area (Å²) >= 11 is 0. The third kappa shape index (κ3) is 5.38. The zero-order valence-electron chi connectivity index (χ0n) is 18.1. The van der Waals surface area contributed by atoms with Crippen molar-refractivity contribution < 1.29 is 14.3 Å². The van der Waals surface area contributed by atoms with Crippen LogP contribution in [-0.4, -0.2) is 90.0 Å². The Kier molecular flexibility index (Phi) is 7.00. The Bertz CT molecular complexity index is 746. The number of likely N-dealkylation sites (tertiary alicyclic amines) is 1. The van der Waals surface area contributed by atoms with Gasteiger partial charge in [0.05, 0.1) is 18.8 Å². The van der Waals surface area contributed by atoms with Crippen LogP contribution in [0.5, 0.6) is 0 Å². The molecule has 1 aliphatic carbocycles. The fourth-order valence-electron chi connectivity index (χ4n) is 4.58. The van der Waals surface area contributed by atoms with Gasteiger partial charge >= 0.3 is 0 Å². The van der Waals surface area contributed by atoms with Crippen LogP contribution in [0.25, 0.3) is 0 Å². The second-order valence-corrected chi connectivity index (χ2v) is 8.91. The van der Waals surface area contributed by atoms with Gasteiger partial charge in [0.1, 0.15) is 0 Å². The van der Waals surface area contributed by atoms with Gasteiger partial charge in [-0.25, -0.2) is 0 Å². The lowest BCUT2D eigenvalue weighted by molar-refractivity contribution is -0.136. The first-order valence-electron chi connectivity index (χ1n) is 11.4. The van der Waals surface area contributed by atoms with Crippen LogP contribution in [-0.2, 0) is 9.53 Å². The SMILES string of the molecule is Cc1cncc(C(=O)N2CCCC(N(CCCN3CCOCC3)C(=O)C3CC3)C2)c1. The Hall–Kier alpha value is -1.99. The number of hydrogen-bond donors (Lipinski definition) is 0. The molecule has 30 heavy (non-hydrogen) atoms.